The highest BCUT2D eigenvalue weighted by Gasteiger charge is 2.34. The maximum absolute atomic E-state index is 11.7. The number of hydrogen-bond donors (Lipinski definition) is 2. The van der Waals surface area contributed by atoms with Gasteiger partial charge in [-0.15, -0.1) is 0 Å². The Balaban J connectivity index is 1.85. The lowest BCUT2D eigenvalue weighted by Gasteiger charge is -2.12. The van der Waals surface area contributed by atoms with E-state index in [9.17, 15) is 4.79 Å². The molecule has 2 rings (SSSR count). The second kappa shape index (κ2) is 5.19. The van der Waals surface area contributed by atoms with Crippen LogP contribution in [0.5, 0.6) is 0 Å². The van der Waals surface area contributed by atoms with E-state index in [-0.39, 0.29) is 23.9 Å². The van der Waals surface area contributed by atoms with Crippen LogP contribution in [0.2, 0.25) is 0 Å². The minimum Gasteiger partial charge on any atom is -0.352 e. The average Bonchev–Trinajstić information content (AvgIpc) is 2.94. The van der Waals surface area contributed by atoms with Gasteiger partial charge in [-0.2, -0.15) is 0 Å². The van der Waals surface area contributed by atoms with Crippen LogP contribution in [0.4, 0.5) is 0 Å². The molecule has 4 heteroatoms. The summed E-state index contributed by atoms with van der Waals surface area (Å²) in [5.74, 6) is 0.330. The largest absolute Gasteiger partial charge is 0.352 e. The summed E-state index contributed by atoms with van der Waals surface area (Å²) in [6.07, 6.45) is 1.43. The summed E-state index contributed by atoms with van der Waals surface area (Å²) in [6.45, 7) is 2.07. The van der Waals surface area contributed by atoms with Crippen molar-refractivity contribution in [2.45, 2.75) is 37.8 Å². The summed E-state index contributed by atoms with van der Waals surface area (Å²) in [7, 11) is 0. The second-order valence-electron chi connectivity index (χ2n) is 4.73. The van der Waals surface area contributed by atoms with Crippen molar-refractivity contribution in [3.8, 4) is 0 Å². The fraction of sp³-hybridized carbons (Fsp3) is 0.462. The van der Waals surface area contributed by atoms with Crippen LogP contribution in [0.3, 0.4) is 0 Å². The standard InChI is InChI=1S/C13H17BrN2O/c1-8(9-2-4-10(14)5-3-9)6-13(17)16-12-7-11(12)15/h2-5,8,11-12H,6-7,15H2,1H3,(H,16,17). The summed E-state index contributed by atoms with van der Waals surface area (Å²) in [5.41, 5.74) is 6.84. The summed E-state index contributed by atoms with van der Waals surface area (Å²) in [6, 6.07) is 8.47. The van der Waals surface area contributed by atoms with Gasteiger partial charge in [0.1, 0.15) is 0 Å². The Hall–Kier alpha value is -0.870. The molecule has 1 saturated carbocycles. The van der Waals surface area contributed by atoms with E-state index >= 15 is 0 Å². The van der Waals surface area contributed by atoms with Crippen molar-refractivity contribution in [2.24, 2.45) is 5.73 Å². The fourth-order valence-corrected chi connectivity index (χ4v) is 2.10. The zero-order chi connectivity index (χ0) is 12.4. The van der Waals surface area contributed by atoms with Gasteiger partial charge in [0, 0.05) is 23.0 Å². The molecule has 1 aliphatic rings. The predicted molar refractivity (Wildman–Crippen MR) is 71.7 cm³/mol. The monoisotopic (exact) mass is 296 g/mol. The van der Waals surface area contributed by atoms with Gasteiger partial charge in [-0.3, -0.25) is 4.79 Å². The van der Waals surface area contributed by atoms with E-state index in [1.165, 1.54) is 5.56 Å². The first-order valence-electron chi connectivity index (χ1n) is 5.86. The molecule has 1 aliphatic carbocycles. The van der Waals surface area contributed by atoms with Crippen LogP contribution in [-0.4, -0.2) is 18.0 Å². The van der Waals surface area contributed by atoms with Crippen molar-refractivity contribution < 1.29 is 4.79 Å². The molecule has 0 radical (unpaired) electrons. The molecule has 1 fully saturated rings. The van der Waals surface area contributed by atoms with Crippen LogP contribution >= 0.6 is 15.9 Å². The summed E-state index contributed by atoms with van der Waals surface area (Å²) in [5, 5.41) is 2.94. The van der Waals surface area contributed by atoms with Crippen LogP contribution in [0.25, 0.3) is 0 Å². The molecular weight excluding hydrogens is 280 g/mol. The van der Waals surface area contributed by atoms with Gasteiger partial charge in [0.15, 0.2) is 0 Å². The van der Waals surface area contributed by atoms with Gasteiger partial charge in [-0.05, 0) is 30.0 Å². The molecule has 0 bridgehead atoms. The molecule has 0 saturated heterocycles. The maximum atomic E-state index is 11.7. The molecule has 3 N–H and O–H groups in total. The molecule has 92 valence electrons. The smallest absolute Gasteiger partial charge is 0.220 e. The van der Waals surface area contributed by atoms with Crippen LogP contribution in [0.1, 0.15) is 31.2 Å². The first kappa shape index (κ1) is 12.6. The molecule has 0 heterocycles. The second-order valence-corrected chi connectivity index (χ2v) is 5.65. The Bertz CT molecular complexity index is 404. The molecule has 1 aromatic rings. The highest BCUT2D eigenvalue weighted by molar-refractivity contribution is 9.10. The van der Waals surface area contributed by atoms with Crippen molar-refractivity contribution in [1.29, 1.82) is 0 Å². The maximum Gasteiger partial charge on any atom is 0.220 e. The normalized spacial score (nSPS) is 24.2. The number of hydrogen-bond acceptors (Lipinski definition) is 2. The van der Waals surface area contributed by atoms with Gasteiger partial charge in [-0.25, -0.2) is 0 Å². The lowest BCUT2D eigenvalue weighted by atomic mass is 9.97. The van der Waals surface area contributed by atoms with Gasteiger partial charge in [-0.1, -0.05) is 35.0 Å². The highest BCUT2D eigenvalue weighted by atomic mass is 79.9. The number of amides is 1. The van der Waals surface area contributed by atoms with E-state index in [1.807, 2.05) is 24.3 Å². The molecule has 1 aromatic carbocycles. The van der Waals surface area contributed by atoms with Crippen molar-refractivity contribution >= 4 is 21.8 Å². The quantitative estimate of drug-likeness (QED) is 0.895. The van der Waals surface area contributed by atoms with Crippen LogP contribution in [0.15, 0.2) is 28.7 Å². The topological polar surface area (TPSA) is 55.1 Å². The van der Waals surface area contributed by atoms with Gasteiger partial charge >= 0.3 is 0 Å². The average molecular weight is 297 g/mol. The molecule has 3 atom stereocenters. The molecule has 0 spiro atoms. The van der Waals surface area contributed by atoms with Crippen molar-refractivity contribution in [3.63, 3.8) is 0 Å². The van der Waals surface area contributed by atoms with E-state index in [0.717, 1.165) is 10.9 Å². The molecule has 1 amide bonds. The first-order valence-corrected chi connectivity index (χ1v) is 6.66. The predicted octanol–water partition coefficient (Wildman–Crippen LogP) is 2.16. The Labute approximate surface area is 110 Å². The Kier molecular flexibility index (Phi) is 3.84. The summed E-state index contributed by atoms with van der Waals surface area (Å²) >= 11 is 3.40. The number of nitrogens with two attached hydrogens (primary N) is 1. The number of nitrogens with one attached hydrogen (secondary N) is 1. The summed E-state index contributed by atoms with van der Waals surface area (Å²) < 4.78 is 1.06. The number of carbonyl (C=O) groups is 1. The third-order valence-corrected chi connectivity index (χ3v) is 3.65. The lowest BCUT2D eigenvalue weighted by molar-refractivity contribution is -0.121. The number of benzene rings is 1. The van der Waals surface area contributed by atoms with Crippen molar-refractivity contribution in [3.05, 3.63) is 34.3 Å². The van der Waals surface area contributed by atoms with Crippen molar-refractivity contribution in [1.82, 2.24) is 5.32 Å². The minimum atomic E-state index is 0.0957. The Morgan fingerprint density at radius 3 is 2.65 bits per heavy atom. The van der Waals surface area contributed by atoms with Crippen LogP contribution in [-0.2, 0) is 4.79 Å². The first-order chi connectivity index (χ1) is 8.06. The SMILES string of the molecule is CC(CC(=O)NC1CC1N)c1ccc(Br)cc1. The van der Waals surface area contributed by atoms with Gasteiger partial charge in [0.05, 0.1) is 0 Å². The molecule has 3 nitrogen and oxygen atoms in total. The van der Waals surface area contributed by atoms with Gasteiger partial charge < -0.3 is 11.1 Å². The van der Waals surface area contributed by atoms with E-state index in [4.69, 9.17) is 5.73 Å². The molecule has 0 aromatic heterocycles. The van der Waals surface area contributed by atoms with E-state index in [1.54, 1.807) is 0 Å². The number of rotatable bonds is 4. The lowest BCUT2D eigenvalue weighted by Crippen LogP contribution is -2.30. The fourth-order valence-electron chi connectivity index (χ4n) is 1.83. The number of halogens is 1. The van der Waals surface area contributed by atoms with E-state index < -0.39 is 0 Å². The minimum absolute atomic E-state index is 0.0957. The third kappa shape index (κ3) is 3.54. The van der Waals surface area contributed by atoms with E-state index in [0.29, 0.717) is 6.42 Å². The Morgan fingerprint density at radius 2 is 2.12 bits per heavy atom. The van der Waals surface area contributed by atoms with Gasteiger partial charge in [0.2, 0.25) is 5.91 Å². The summed E-state index contributed by atoms with van der Waals surface area (Å²) in [4.78, 5) is 11.7. The Morgan fingerprint density at radius 1 is 1.53 bits per heavy atom. The zero-order valence-electron chi connectivity index (χ0n) is 9.82. The highest BCUT2D eigenvalue weighted by Crippen LogP contribution is 2.23. The molecule has 0 aliphatic heterocycles. The molecular formula is C13H17BrN2O. The van der Waals surface area contributed by atoms with Gasteiger partial charge in [0.25, 0.3) is 0 Å². The van der Waals surface area contributed by atoms with Crippen LogP contribution in [0, 0.1) is 0 Å². The molecule has 17 heavy (non-hydrogen) atoms. The molecule has 3 unspecified atom stereocenters. The zero-order valence-corrected chi connectivity index (χ0v) is 11.4. The number of carbonyl (C=O) groups excluding carboxylic acids is 1. The van der Waals surface area contributed by atoms with Crippen LogP contribution < -0.4 is 11.1 Å². The van der Waals surface area contributed by atoms with Crippen molar-refractivity contribution in [2.75, 3.05) is 0 Å². The third-order valence-electron chi connectivity index (χ3n) is 3.12. The van der Waals surface area contributed by atoms with E-state index in [2.05, 4.69) is 28.2 Å².